The molecule has 8 heavy (non-hydrogen) atoms. The molecule has 0 aromatic heterocycles. The van der Waals surface area contributed by atoms with Gasteiger partial charge in [0.15, 0.2) is 0 Å². The summed E-state index contributed by atoms with van der Waals surface area (Å²) in [6.07, 6.45) is 0. The molecule has 0 aromatic rings. The van der Waals surface area contributed by atoms with Gasteiger partial charge in [0, 0.05) is 0 Å². The van der Waals surface area contributed by atoms with Crippen LogP contribution >= 0.6 is 25.7 Å². The van der Waals surface area contributed by atoms with Crippen molar-refractivity contribution in [3.8, 4) is 0 Å². The zero-order valence-electron chi connectivity index (χ0n) is 3.71. The normalized spacial score (nSPS) is 3.38. The molecule has 0 aliphatic heterocycles. The van der Waals surface area contributed by atoms with Gasteiger partial charge >= 0.3 is 43.6 Å². The van der Waals surface area contributed by atoms with E-state index in [2.05, 4.69) is 0 Å². The molecule has 0 unspecified atom stereocenters. The van der Waals surface area contributed by atoms with Crippen molar-refractivity contribution < 1.29 is 39.8 Å². The van der Waals surface area contributed by atoms with E-state index in [1.807, 2.05) is 0 Å². The molecule has 0 heterocycles. The third kappa shape index (κ3) is 131. The van der Waals surface area contributed by atoms with Crippen LogP contribution in [-0.2, 0) is 17.9 Å². The Morgan fingerprint density at radius 3 is 0.625 bits per heavy atom. The number of rotatable bonds is 0. The Labute approximate surface area is 65.2 Å². The van der Waals surface area contributed by atoms with Crippen LogP contribution in [0.2, 0.25) is 0 Å². The first-order valence-corrected chi connectivity index (χ1v) is 8.10. The Hall–Kier alpha value is 1.58. The molecule has 0 saturated heterocycles. The summed E-state index contributed by atoms with van der Waals surface area (Å²) >= 11 is -2.06. The summed E-state index contributed by atoms with van der Waals surface area (Å²) in [6.45, 7) is 0. The summed E-state index contributed by atoms with van der Waals surface area (Å²) in [5, 5.41) is 0. The van der Waals surface area contributed by atoms with Crippen molar-refractivity contribution in [1.82, 2.24) is 0 Å². The fourth-order valence-electron chi connectivity index (χ4n) is 0. The van der Waals surface area contributed by atoms with Gasteiger partial charge in [0.05, 0.1) is 0 Å². The molecule has 56 valence electrons. The SMILES string of the molecule is O.O.O.O.[Cl][Sc]([Cl])[Cl]. The van der Waals surface area contributed by atoms with Crippen LogP contribution in [0.3, 0.4) is 0 Å². The number of hydrogen-bond acceptors (Lipinski definition) is 0. The van der Waals surface area contributed by atoms with Crippen LogP contribution < -0.4 is 0 Å². The molecule has 0 spiro atoms. The quantitative estimate of drug-likeness (QED) is 0.487. The summed E-state index contributed by atoms with van der Waals surface area (Å²) in [4.78, 5) is 0. The Morgan fingerprint density at radius 2 is 0.625 bits per heavy atom. The van der Waals surface area contributed by atoms with E-state index in [9.17, 15) is 0 Å². The maximum absolute atomic E-state index is 4.99. The standard InChI is InChI=1S/3ClH.4H2O.Sc/h3*1H;4*1H2;/q;;;;;;;+3/p-3. The van der Waals surface area contributed by atoms with Gasteiger partial charge in [-0.3, -0.25) is 0 Å². The van der Waals surface area contributed by atoms with Gasteiger partial charge in [-0.15, -0.1) is 0 Å². The zero-order valence-corrected chi connectivity index (χ0v) is 7.78. The molecule has 0 bridgehead atoms. The second-order valence-corrected chi connectivity index (χ2v) is 9.18. The van der Waals surface area contributed by atoms with E-state index >= 15 is 0 Å². The van der Waals surface area contributed by atoms with Gasteiger partial charge in [0.2, 0.25) is 0 Å². The molecule has 0 radical (unpaired) electrons. The first-order valence-electron chi connectivity index (χ1n) is 0.655. The van der Waals surface area contributed by atoms with Gasteiger partial charge < -0.3 is 21.9 Å². The van der Waals surface area contributed by atoms with E-state index in [0.717, 1.165) is 0 Å². The summed E-state index contributed by atoms with van der Waals surface area (Å²) in [7, 11) is 15.0. The van der Waals surface area contributed by atoms with Gasteiger partial charge in [-0.2, -0.15) is 0 Å². The van der Waals surface area contributed by atoms with Crippen LogP contribution in [-0.4, -0.2) is 21.9 Å². The van der Waals surface area contributed by atoms with Gasteiger partial charge in [-0.05, 0) is 0 Å². The minimum absolute atomic E-state index is 0. The van der Waals surface area contributed by atoms with Crippen molar-refractivity contribution in [3.63, 3.8) is 0 Å². The molecule has 0 amide bonds. The molecule has 0 rings (SSSR count). The maximum atomic E-state index is 4.99. The second-order valence-electron chi connectivity index (χ2n) is 0.247. The van der Waals surface area contributed by atoms with Crippen molar-refractivity contribution in [2.24, 2.45) is 0 Å². The molecule has 4 nitrogen and oxygen atoms in total. The molecule has 8 N–H and O–H groups in total. The van der Waals surface area contributed by atoms with E-state index < -0.39 is 17.9 Å². The molecule has 8 heteroatoms. The molecule has 0 aliphatic carbocycles. The molecule has 0 aromatic carbocycles. The molecular weight excluding hydrogens is 215 g/mol. The average Bonchev–Trinajstić information content (AvgIpc) is 0.811. The Balaban J connectivity index is -0.00000000750. The van der Waals surface area contributed by atoms with Crippen LogP contribution in [0.1, 0.15) is 0 Å². The van der Waals surface area contributed by atoms with Crippen molar-refractivity contribution >= 4 is 25.7 Å². The van der Waals surface area contributed by atoms with Crippen molar-refractivity contribution in [2.75, 3.05) is 0 Å². The minimum atomic E-state index is -2.06. The fourth-order valence-corrected chi connectivity index (χ4v) is 0. The molecule has 0 aliphatic rings. The summed E-state index contributed by atoms with van der Waals surface area (Å²) in [5.41, 5.74) is 0. The molecule has 0 atom stereocenters. The first-order chi connectivity index (χ1) is 1.73. The first kappa shape index (κ1) is 33.6. The summed E-state index contributed by atoms with van der Waals surface area (Å²) in [5.74, 6) is 0. The Bertz CT molecular complexity index is 16.0. The third-order valence-corrected chi connectivity index (χ3v) is 0. The number of halogens is 3. The van der Waals surface area contributed by atoms with Crippen LogP contribution in [0.25, 0.3) is 0 Å². The van der Waals surface area contributed by atoms with E-state index in [4.69, 9.17) is 25.7 Å². The Kier molecular flexibility index (Phi) is 98.8. The van der Waals surface area contributed by atoms with E-state index in [1.54, 1.807) is 0 Å². The summed E-state index contributed by atoms with van der Waals surface area (Å²) in [6, 6.07) is 0. The van der Waals surface area contributed by atoms with Crippen LogP contribution in [0.5, 0.6) is 0 Å². The fraction of sp³-hybridized carbons (Fsp3) is 0. The molecule has 0 fully saturated rings. The van der Waals surface area contributed by atoms with Crippen LogP contribution in [0.15, 0.2) is 0 Å². The third-order valence-electron chi connectivity index (χ3n) is 0. The molecule has 0 saturated carbocycles. The van der Waals surface area contributed by atoms with Crippen molar-refractivity contribution in [2.45, 2.75) is 0 Å². The predicted octanol–water partition coefficient (Wildman–Crippen LogP) is -1.23. The van der Waals surface area contributed by atoms with Crippen LogP contribution in [0.4, 0.5) is 0 Å². The van der Waals surface area contributed by atoms with E-state index in [1.165, 1.54) is 0 Å². The zero-order chi connectivity index (χ0) is 3.58. The van der Waals surface area contributed by atoms with Gasteiger partial charge in [-0.1, -0.05) is 0 Å². The second kappa shape index (κ2) is 23.5. The monoisotopic (exact) mass is 222 g/mol. The Morgan fingerprint density at radius 1 is 0.625 bits per heavy atom. The van der Waals surface area contributed by atoms with Gasteiger partial charge in [0.25, 0.3) is 0 Å². The summed E-state index contributed by atoms with van der Waals surface area (Å²) < 4.78 is 0. The molecular formula is H8Cl3O4Sc. The number of hydrogen-bond donors (Lipinski definition) is 0. The predicted molar refractivity (Wildman–Crippen MR) is 32.0 cm³/mol. The average molecular weight is 223 g/mol. The van der Waals surface area contributed by atoms with Gasteiger partial charge in [-0.25, -0.2) is 0 Å². The van der Waals surface area contributed by atoms with Gasteiger partial charge in [0.1, 0.15) is 0 Å². The van der Waals surface area contributed by atoms with E-state index in [0.29, 0.717) is 0 Å². The topological polar surface area (TPSA) is 126 Å². The van der Waals surface area contributed by atoms with E-state index in [-0.39, 0.29) is 21.9 Å². The van der Waals surface area contributed by atoms with Crippen molar-refractivity contribution in [3.05, 3.63) is 0 Å². The van der Waals surface area contributed by atoms with Crippen LogP contribution in [0, 0.1) is 0 Å². The van der Waals surface area contributed by atoms with Crippen molar-refractivity contribution in [1.29, 1.82) is 0 Å².